The van der Waals surface area contributed by atoms with Gasteiger partial charge < -0.3 is 0 Å². The lowest BCUT2D eigenvalue weighted by Crippen LogP contribution is -2.31. The van der Waals surface area contributed by atoms with Gasteiger partial charge in [-0.1, -0.05) is 13.0 Å². The van der Waals surface area contributed by atoms with Gasteiger partial charge in [0.25, 0.3) is 15.9 Å². The summed E-state index contributed by atoms with van der Waals surface area (Å²) in [7, 11) is -3.91. The molecule has 0 bridgehead atoms. The van der Waals surface area contributed by atoms with Crippen LogP contribution in [0.1, 0.15) is 40.5 Å². The topological polar surface area (TPSA) is 89.0 Å². The average Bonchev–Trinajstić information content (AvgIpc) is 3.02. The Morgan fingerprint density at radius 3 is 2.83 bits per heavy atom. The monoisotopic (exact) mass is 331 g/mol. The third kappa shape index (κ3) is 3.10. The first-order chi connectivity index (χ1) is 11.0. The molecule has 0 unspecified atom stereocenters. The molecule has 0 atom stereocenters. The van der Waals surface area contributed by atoms with Crippen molar-refractivity contribution in [1.82, 2.24) is 14.7 Å². The smallest absolute Gasteiger partial charge is 0.268 e. The molecule has 3 rings (SSSR count). The standard InChI is InChI=1S/C16H17N3O3S/c1-2-15-14(9-17-10-18-15)16(20)19-23(21,22)13-7-6-11-4-3-5-12(11)8-13/h6-10H,2-5H2,1H3,(H,19,20). The largest absolute Gasteiger partial charge is 0.268 e. The zero-order chi connectivity index (χ0) is 16.4. The summed E-state index contributed by atoms with van der Waals surface area (Å²) >= 11 is 0. The number of aryl methyl sites for hydroxylation is 3. The second kappa shape index (κ2) is 6.08. The number of sulfonamides is 1. The Hall–Kier alpha value is -2.28. The van der Waals surface area contributed by atoms with E-state index in [1.54, 1.807) is 12.1 Å². The van der Waals surface area contributed by atoms with Gasteiger partial charge in [0.05, 0.1) is 16.2 Å². The highest BCUT2D eigenvalue weighted by atomic mass is 32.2. The Morgan fingerprint density at radius 2 is 2.04 bits per heavy atom. The summed E-state index contributed by atoms with van der Waals surface area (Å²) in [4.78, 5) is 20.2. The molecule has 1 heterocycles. The fourth-order valence-corrected chi connectivity index (χ4v) is 3.79. The van der Waals surface area contributed by atoms with Crippen molar-refractivity contribution in [2.45, 2.75) is 37.5 Å². The highest BCUT2D eigenvalue weighted by molar-refractivity contribution is 7.90. The molecule has 1 amide bonds. The summed E-state index contributed by atoms with van der Waals surface area (Å²) in [5.74, 6) is -0.706. The van der Waals surface area contributed by atoms with Gasteiger partial charge in [-0.15, -0.1) is 0 Å². The number of nitrogens with zero attached hydrogens (tertiary/aromatic N) is 2. The van der Waals surface area contributed by atoms with Crippen molar-refractivity contribution in [3.05, 3.63) is 53.1 Å². The number of carbonyl (C=O) groups excluding carboxylic acids is 1. The van der Waals surface area contributed by atoms with E-state index < -0.39 is 15.9 Å². The zero-order valence-corrected chi connectivity index (χ0v) is 13.6. The van der Waals surface area contributed by atoms with Crippen molar-refractivity contribution in [2.75, 3.05) is 0 Å². The molecule has 1 aromatic heterocycles. The van der Waals surface area contributed by atoms with Crippen molar-refractivity contribution in [3.8, 4) is 0 Å². The molecule has 1 aliphatic rings. The Balaban J connectivity index is 1.88. The number of nitrogens with one attached hydrogen (secondary N) is 1. The van der Waals surface area contributed by atoms with E-state index in [0.717, 1.165) is 24.8 Å². The lowest BCUT2D eigenvalue weighted by atomic mass is 10.1. The molecule has 0 fully saturated rings. The van der Waals surface area contributed by atoms with Crippen LogP contribution in [0, 0.1) is 0 Å². The van der Waals surface area contributed by atoms with Gasteiger partial charge in [0, 0.05) is 6.20 Å². The van der Waals surface area contributed by atoms with Crippen molar-refractivity contribution in [3.63, 3.8) is 0 Å². The summed E-state index contributed by atoms with van der Waals surface area (Å²) in [6, 6.07) is 5.02. The Kier molecular flexibility index (Phi) is 4.12. The fraction of sp³-hybridized carbons (Fsp3) is 0.312. The molecule has 1 aliphatic carbocycles. The summed E-state index contributed by atoms with van der Waals surface area (Å²) in [5.41, 5.74) is 2.92. The third-order valence-electron chi connectivity index (χ3n) is 3.98. The van der Waals surface area contributed by atoms with Crippen LogP contribution in [0.2, 0.25) is 0 Å². The number of amides is 1. The number of carbonyl (C=O) groups is 1. The van der Waals surface area contributed by atoms with Crippen LogP contribution in [0.4, 0.5) is 0 Å². The molecule has 120 valence electrons. The van der Waals surface area contributed by atoms with Crippen LogP contribution in [0.15, 0.2) is 35.6 Å². The lowest BCUT2D eigenvalue weighted by Gasteiger charge is -2.10. The van der Waals surface area contributed by atoms with Crippen molar-refractivity contribution in [1.29, 1.82) is 0 Å². The van der Waals surface area contributed by atoms with E-state index in [0.29, 0.717) is 12.1 Å². The van der Waals surface area contributed by atoms with Crippen LogP contribution in [0.5, 0.6) is 0 Å². The summed E-state index contributed by atoms with van der Waals surface area (Å²) in [6.45, 7) is 1.84. The second-order valence-corrected chi connectivity index (χ2v) is 7.14. The number of benzene rings is 1. The van der Waals surface area contributed by atoms with E-state index in [-0.39, 0.29) is 10.5 Å². The van der Waals surface area contributed by atoms with Crippen molar-refractivity contribution in [2.24, 2.45) is 0 Å². The highest BCUT2D eigenvalue weighted by Gasteiger charge is 2.22. The molecule has 0 aliphatic heterocycles. The Bertz CT molecular complexity index is 863. The molecule has 0 saturated heterocycles. The molecule has 1 N–H and O–H groups in total. The summed E-state index contributed by atoms with van der Waals surface area (Å²) < 4.78 is 27.0. The predicted molar refractivity (Wildman–Crippen MR) is 84.5 cm³/mol. The molecule has 6 nitrogen and oxygen atoms in total. The number of hydrogen-bond acceptors (Lipinski definition) is 5. The van der Waals surface area contributed by atoms with Gasteiger partial charge in [-0.2, -0.15) is 0 Å². The quantitative estimate of drug-likeness (QED) is 0.920. The molecule has 0 spiro atoms. The molecule has 1 aromatic carbocycles. The van der Waals surface area contributed by atoms with E-state index in [1.165, 1.54) is 18.1 Å². The van der Waals surface area contributed by atoms with Crippen LogP contribution >= 0.6 is 0 Å². The number of rotatable bonds is 4. The van der Waals surface area contributed by atoms with Crippen molar-refractivity contribution < 1.29 is 13.2 Å². The van der Waals surface area contributed by atoms with Crippen LogP contribution in [-0.4, -0.2) is 24.3 Å². The van der Waals surface area contributed by atoms with Gasteiger partial charge in [-0.3, -0.25) is 4.79 Å². The minimum atomic E-state index is -3.91. The van der Waals surface area contributed by atoms with Gasteiger partial charge in [0.15, 0.2) is 0 Å². The van der Waals surface area contributed by atoms with Gasteiger partial charge in [0.1, 0.15) is 6.33 Å². The van der Waals surface area contributed by atoms with Crippen LogP contribution in [-0.2, 0) is 29.3 Å². The molecule has 7 heteroatoms. The minimum absolute atomic E-state index is 0.112. The second-order valence-electron chi connectivity index (χ2n) is 5.46. The van der Waals surface area contributed by atoms with E-state index in [1.807, 2.05) is 13.0 Å². The number of hydrogen-bond donors (Lipinski definition) is 1. The molecule has 23 heavy (non-hydrogen) atoms. The number of aromatic nitrogens is 2. The van der Waals surface area contributed by atoms with Gasteiger partial charge >= 0.3 is 0 Å². The average molecular weight is 331 g/mol. The normalized spacial score (nSPS) is 13.6. The predicted octanol–water partition coefficient (Wildman–Crippen LogP) is 1.65. The van der Waals surface area contributed by atoms with Crippen LogP contribution < -0.4 is 4.72 Å². The number of fused-ring (bicyclic) bond motifs is 1. The molecule has 2 aromatic rings. The highest BCUT2D eigenvalue weighted by Crippen LogP contribution is 2.24. The summed E-state index contributed by atoms with van der Waals surface area (Å²) in [5, 5.41) is 0. The van der Waals surface area contributed by atoms with E-state index in [2.05, 4.69) is 14.7 Å². The van der Waals surface area contributed by atoms with Crippen molar-refractivity contribution >= 4 is 15.9 Å². The summed E-state index contributed by atoms with van der Waals surface area (Å²) in [6.07, 6.45) is 6.07. The van der Waals surface area contributed by atoms with Gasteiger partial charge in [0.2, 0.25) is 0 Å². The Morgan fingerprint density at radius 1 is 1.26 bits per heavy atom. The third-order valence-corrected chi connectivity index (χ3v) is 5.31. The zero-order valence-electron chi connectivity index (χ0n) is 12.7. The maximum absolute atomic E-state index is 12.4. The van der Waals surface area contributed by atoms with Crippen LogP contribution in [0.25, 0.3) is 0 Å². The lowest BCUT2D eigenvalue weighted by molar-refractivity contribution is 0.0979. The maximum Gasteiger partial charge on any atom is 0.268 e. The SMILES string of the molecule is CCc1ncncc1C(=O)NS(=O)(=O)c1ccc2c(c1)CCC2. The van der Waals surface area contributed by atoms with E-state index in [9.17, 15) is 13.2 Å². The molecule has 0 saturated carbocycles. The fourth-order valence-electron chi connectivity index (χ4n) is 2.78. The molecular weight excluding hydrogens is 314 g/mol. The van der Waals surface area contributed by atoms with Gasteiger partial charge in [-0.25, -0.2) is 23.1 Å². The molecular formula is C16H17N3O3S. The Labute approximate surface area is 135 Å². The first kappa shape index (κ1) is 15.6. The minimum Gasteiger partial charge on any atom is -0.268 e. The molecule has 0 radical (unpaired) electrons. The first-order valence-corrected chi connectivity index (χ1v) is 8.97. The van der Waals surface area contributed by atoms with E-state index in [4.69, 9.17) is 0 Å². The van der Waals surface area contributed by atoms with Gasteiger partial charge in [-0.05, 0) is 48.9 Å². The first-order valence-electron chi connectivity index (χ1n) is 7.49. The van der Waals surface area contributed by atoms with E-state index >= 15 is 0 Å². The van der Waals surface area contributed by atoms with Crippen LogP contribution in [0.3, 0.4) is 0 Å². The maximum atomic E-state index is 12.4.